The molecule has 5 rings (SSSR count). The van der Waals surface area contributed by atoms with Crippen molar-refractivity contribution < 1.29 is 18.4 Å². The maximum atomic E-state index is 13.7. The molecule has 3 aromatic carbocycles. The van der Waals surface area contributed by atoms with Crippen molar-refractivity contribution in [1.29, 1.82) is 0 Å². The van der Waals surface area contributed by atoms with Crippen LogP contribution in [0.3, 0.4) is 0 Å². The number of carbonyl (C=O) groups is 1. The lowest BCUT2D eigenvalue weighted by Gasteiger charge is -2.35. The fourth-order valence-electron chi connectivity index (χ4n) is 4.36. The molecule has 1 unspecified atom stereocenters. The number of halogens is 1. The van der Waals surface area contributed by atoms with Gasteiger partial charge in [-0.05, 0) is 49.2 Å². The molecule has 1 aliphatic heterocycles. The second-order valence-electron chi connectivity index (χ2n) is 8.66. The zero-order chi connectivity index (χ0) is 25.2. The van der Waals surface area contributed by atoms with Gasteiger partial charge in [0.05, 0.1) is 25.3 Å². The van der Waals surface area contributed by atoms with E-state index < -0.39 is 6.04 Å². The van der Waals surface area contributed by atoms with Crippen molar-refractivity contribution >= 4 is 11.6 Å². The maximum absolute atomic E-state index is 13.7. The van der Waals surface area contributed by atoms with E-state index in [1.54, 1.807) is 24.1 Å². The van der Waals surface area contributed by atoms with E-state index in [1.165, 1.54) is 12.1 Å². The van der Waals surface area contributed by atoms with Crippen molar-refractivity contribution in [2.24, 2.45) is 0 Å². The van der Waals surface area contributed by atoms with Gasteiger partial charge in [-0.25, -0.2) is 9.18 Å². The molecule has 0 radical (unpaired) electrons. The van der Waals surface area contributed by atoms with Crippen molar-refractivity contribution in [1.82, 2.24) is 20.4 Å². The first kappa shape index (κ1) is 23.3. The van der Waals surface area contributed by atoms with Gasteiger partial charge in [-0.1, -0.05) is 59.3 Å². The normalized spacial score (nSPS) is 15.7. The molecule has 0 aliphatic carbocycles. The van der Waals surface area contributed by atoms with Crippen molar-refractivity contribution in [3.05, 3.63) is 107 Å². The molecule has 4 aromatic rings. The number of nitrogens with zero attached hydrogens (tertiary/aromatic N) is 3. The average molecular weight is 485 g/mol. The number of carbonyl (C=O) groups excluding carboxylic acids is 1. The van der Waals surface area contributed by atoms with Crippen LogP contribution in [0, 0.1) is 12.7 Å². The van der Waals surface area contributed by atoms with Crippen LogP contribution < -0.4 is 10.1 Å². The summed E-state index contributed by atoms with van der Waals surface area (Å²) in [6, 6.07) is 20.5. The van der Waals surface area contributed by atoms with E-state index in [-0.39, 0.29) is 17.7 Å². The summed E-state index contributed by atoms with van der Waals surface area (Å²) in [5, 5.41) is 7.23. The average Bonchev–Trinajstić information content (AvgIpc) is 3.36. The molecular weight excluding hydrogens is 459 g/mol. The highest BCUT2D eigenvalue weighted by molar-refractivity contribution is 5.86. The molecule has 8 heteroatoms. The summed E-state index contributed by atoms with van der Waals surface area (Å²) in [4.78, 5) is 19.6. The summed E-state index contributed by atoms with van der Waals surface area (Å²) in [6.07, 6.45) is 0. The Hall–Kier alpha value is -4.46. The van der Waals surface area contributed by atoms with Gasteiger partial charge in [0, 0.05) is 11.3 Å². The van der Waals surface area contributed by atoms with Gasteiger partial charge in [-0.15, -0.1) is 0 Å². The van der Waals surface area contributed by atoms with Crippen molar-refractivity contribution in [3.8, 4) is 17.1 Å². The van der Waals surface area contributed by atoms with Crippen LogP contribution >= 0.6 is 0 Å². The molecule has 1 aromatic heterocycles. The number of aryl methyl sites for hydroxylation is 1. The number of aromatic nitrogens is 2. The van der Waals surface area contributed by atoms with Crippen LogP contribution in [-0.4, -0.2) is 28.2 Å². The van der Waals surface area contributed by atoms with E-state index in [4.69, 9.17) is 9.26 Å². The van der Waals surface area contributed by atoms with Gasteiger partial charge in [0.2, 0.25) is 5.82 Å². The van der Waals surface area contributed by atoms with Gasteiger partial charge in [0.25, 0.3) is 5.89 Å². The number of rotatable bonds is 6. The fraction of sp³-hybridized carbons (Fsp3) is 0.179. The summed E-state index contributed by atoms with van der Waals surface area (Å²) < 4.78 is 24.7. The summed E-state index contributed by atoms with van der Waals surface area (Å²) in [5.74, 6) is 0.980. The minimum Gasteiger partial charge on any atom is -0.497 e. The number of amides is 2. The number of benzene rings is 3. The molecule has 36 heavy (non-hydrogen) atoms. The van der Waals surface area contributed by atoms with Crippen LogP contribution in [0.5, 0.6) is 5.75 Å². The largest absolute Gasteiger partial charge is 0.497 e. The minimum atomic E-state index is -0.592. The van der Waals surface area contributed by atoms with Crippen LogP contribution in [0.15, 0.2) is 83.0 Å². The fourth-order valence-corrected chi connectivity index (χ4v) is 4.36. The number of hydrogen-bond donors (Lipinski definition) is 1. The second-order valence-corrected chi connectivity index (χ2v) is 8.66. The molecule has 1 aliphatic rings. The number of hydrogen-bond acceptors (Lipinski definition) is 5. The summed E-state index contributed by atoms with van der Waals surface area (Å²) in [7, 11) is 1.59. The first-order chi connectivity index (χ1) is 17.4. The van der Waals surface area contributed by atoms with Crippen LogP contribution in [0.1, 0.15) is 35.5 Å². The second kappa shape index (κ2) is 9.65. The Kier molecular flexibility index (Phi) is 6.25. The van der Waals surface area contributed by atoms with Crippen LogP contribution in [0.25, 0.3) is 17.0 Å². The third-order valence-corrected chi connectivity index (χ3v) is 6.21. The first-order valence-corrected chi connectivity index (χ1v) is 11.5. The Balaban J connectivity index is 1.59. The molecule has 0 bridgehead atoms. The smallest absolute Gasteiger partial charge is 0.322 e. The van der Waals surface area contributed by atoms with Gasteiger partial charge in [-0.2, -0.15) is 4.98 Å². The maximum Gasteiger partial charge on any atom is 0.322 e. The highest BCUT2D eigenvalue weighted by atomic mass is 19.1. The van der Waals surface area contributed by atoms with Gasteiger partial charge in [-0.3, -0.25) is 4.90 Å². The van der Waals surface area contributed by atoms with Crippen LogP contribution in [0.2, 0.25) is 0 Å². The number of nitrogens with one attached hydrogen (secondary N) is 1. The van der Waals surface area contributed by atoms with E-state index in [1.807, 2.05) is 62.4 Å². The predicted octanol–water partition coefficient (Wildman–Crippen LogP) is 5.89. The van der Waals surface area contributed by atoms with E-state index in [0.29, 0.717) is 35.0 Å². The molecular formula is C28H25FN4O3. The van der Waals surface area contributed by atoms with Gasteiger partial charge in [0.15, 0.2) is 0 Å². The Morgan fingerprint density at radius 1 is 1.06 bits per heavy atom. The zero-order valence-electron chi connectivity index (χ0n) is 20.2. The number of methoxy groups -OCH3 is 1. The third-order valence-electron chi connectivity index (χ3n) is 6.21. The molecule has 0 saturated heterocycles. The van der Waals surface area contributed by atoms with Gasteiger partial charge < -0.3 is 14.6 Å². The van der Waals surface area contributed by atoms with Gasteiger partial charge in [0.1, 0.15) is 11.6 Å². The summed E-state index contributed by atoms with van der Waals surface area (Å²) in [6.45, 7) is 4.24. The lowest BCUT2D eigenvalue weighted by atomic mass is 9.94. The van der Waals surface area contributed by atoms with E-state index in [0.717, 1.165) is 16.7 Å². The SMILES string of the molecule is COc1cccc(-c2noc(C3=C(C)N(Cc4cccc(C)c4)C(=O)NC3c3ccc(F)cc3)n2)c1. The predicted molar refractivity (Wildman–Crippen MR) is 133 cm³/mol. The number of urea groups is 1. The van der Waals surface area contributed by atoms with Crippen LogP contribution in [0.4, 0.5) is 9.18 Å². The molecule has 1 atom stereocenters. The lowest BCUT2D eigenvalue weighted by Crippen LogP contribution is -2.45. The molecule has 182 valence electrons. The molecule has 0 spiro atoms. The van der Waals surface area contributed by atoms with E-state index in [2.05, 4.69) is 15.5 Å². The molecule has 0 saturated carbocycles. The molecule has 1 N–H and O–H groups in total. The number of allylic oxidation sites excluding steroid dienone is 1. The molecule has 2 heterocycles. The quantitative estimate of drug-likeness (QED) is 0.369. The lowest BCUT2D eigenvalue weighted by molar-refractivity contribution is 0.203. The Morgan fingerprint density at radius 3 is 2.58 bits per heavy atom. The van der Waals surface area contributed by atoms with Crippen molar-refractivity contribution in [2.45, 2.75) is 26.4 Å². The molecule has 7 nitrogen and oxygen atoms in total. The molecule has 2 amide bonds. The Labute approximate surface area is 208 Å². The van der Waals surface area contributed by atoms with E-state index in [9.17, 15) is 9.18 Å². The summed E-state index contributed by atoms with van der Waals surface area (Å²) >= 11 is 0. The topological polar surface area (TPSA) is 80.5 Å². The zero-order valence-corrected chi connectivity index (χ0v) is 20.2. The molecule has 0 fully saturated rings. The highest BCUT2D eigenvalue weighted by Gasteiger charge is 2.35. The first-order valence-electron chi connectivity index (χ1n) is 11.5. The van der Waals surface area contributed by atoms with Crippen molar-refractivity contribution in [2.75, 3.05) is 7.11 Å². The van der Waals surface area contributed by atoms with Crippen molar-refractivity contribution in [3.63, 3.8) is 0 Å². The number of ether oxygens (including phenoxy) is 1. The highest BCUT2D eigenvalue weighted by Crippen LogP contribution is 2.38. The minimum absolute atomic E-state index is 0.264. The summed E-state index contributed by atoms with van der Waals surface area (Å²) in [5.41, 5.74) is 4.86. The van der Waals surface area contributed by atoms with Crippen LogP contribution in [-0.2, 0) is 6.54 Å². The Bertz CT molecular complexity index is 1450. The van der Waals surface area contributed by atoms with E-state index >= 15 is 0 Å². The third kappa shape index (κ3) is 4.57. The van der Waals surface area contributed by atoms with Gasteiger partial charge >= 0.3 is 6.03 Å². The Morgan fingerprint density at radius 2 is 1.83 bits per heavy atom. The monoisotopic (exact) mass is 484 g/mol. The standard InChI is InChI=1S/C28H25FN4O3/c1-17-6-4-7-19(14-17)16-33-18(2)24(25(30-28(33)34)20-10-12-22(29)13-11-20)27-31-26(32-36-27)21-8-5-9-23(15-21)35-3/h4-15,25H,16H2,1-3H3,(H,30,34).